The van der Waals surface area contributed by atoms with Crippen LogP contribution in [0.5, 0.6) is 0 Å². The van der Waals surface area contributed by atoms with Crippen LogP contribution < -0.4 is 5.32 Å². The van der Waals surface area contributed by atoms with Gasteiger partial charge >= 0.3 is 0 Å². The molecule has 1 N–H and O–H groups in total. The van der Waals surface area contributed by atoms with E-state index >= 15 is 0 Å². The zero-order valence-corrected chi connectivity index (χ0v) is 15.1. The van der Waals surface area contributed by atoms with Crippen LogP contribution in [0, 0.1) is 0 Å². The quantitative estimate of drug-likeness (QED) is 0.875. The number of anilines is 1. The average molecular weight is 374 g/mol. The van der Waals surface area contributed by atoms with E-state index in [1.54, 1.807) is 23.1 Å². The van der Waals surface area contributed by atoms with Crippen molar-refractivity contribution in [2.24, 2.45) is 4.99 Å². The lowest BCUT2D eigenvalue weighted by Crippen LogP contribution is -2.45. The standard InChI is InChI=1S/C15H17Cl2N3O2S/c1-3-18-15-20(4-2)13(21)8-12(23-15)14(22)19-9-5-6-10(16)11(17)7-9/h5-7,12H,3-4,8H2,1-2H3,(H,19,22)/t12-/m0/s1. The molecule has 2 amide bonds. The minimum Gasteiger partial charge on any atom is -0.325 e. The van der Waals surface area contributed by atoms with Crippen molar-refractivity contribution in [3.63, 3.8) is 0 Å². The molecule has 124 valence electrons. The minimum absolute atomic E-state index is 0.0901. The van der Waals surface area contributed by atoms with E-state index < -0.39 is 5.25 Å². The average Bonchev–Trinajstić information content (AvgIpc) is 2.51. The van der Waals surface area contributed by atoms with Gasteiger partial charge in [0.05, 0.1) is 10.0 Å². The van der Waals surface area contributed by atoms with Crippen LogP contribution >= 0.6 is 35.0 Å². The maximum atomic E-state index is 12.4. The lowest BCUT2D eigenvalue weighted by atomic mass is 10.2. The molecule has 1 aromatic rings. The van der Waals surface area contributed by atoms with E-state index in [1.165, 1.54) is 11.8 Å². The molecule has 1 aromatic carbocycles. The molecule has 1 aliphatic heterocycles. The molecule has 0 aliphatic carbocycles. The zero-order chi connectivity index (χ0) is 17.0. The number of hydrogen-bond acceptors (Lipinski definition) is 4. The third-order valence-electron chi connectivity index (χ3n) is 3.23. The van der Waals surface area contributed by atoms with Gasteiger partial charge in [0, 0.05) is 25.2 Å². The van der Waals surface area contributed by atoms with E-state index in [2.05, 4.69) is 10.3 Å². The van der Waals surface area contributed by atoms with Crippen molar-refractivity contribution in [2.75, 3.05) is 18.4 Å². The Labute approximate surface area is 149 Å². The van der Waals surface area contributed by atoms with Gasteiger partial charge in [0.2, 0.25) is 11.8 Å². The zero-order valence-electron chi connectivity index (χ0n) is 12.8. The second-order valence-corrected chi connectivity index (χ2v) is 6.81. The first-order chi connectivity index (χ1) is 11.0. The number of benzene rings is 1. The summed E-state index contributed by atoms with van der Waals surface area (Å²) in [5, 5.41) is 3.64. The van der Waals surface area contributed by atoms with Gasteiger partial charge in [0.1, 0.15) is 5.25 Å². The van der Waals surface area contributed by atoms with Gasteiger partial charge in [-0.05, 0) is 32.0 Å². The molecule has 0 unspecified atom stereocenters. The number of nitrogens with one attached hydrogen (secondary N) is 1. The highest BCUT2D eigenvalue weighted by Crippen LogP contribution is 2.29. The fraction of sp³-hybridized carbons (Fsp3) is 0.400. The summed E-state index contributed by atoms with van der Waals surface area (Å²) in [6.45, 7) is 4.89. The van der Waals surface area contributed by atoms with Gasteiger partial charge in [0.25, 0.3) is 0 Å². The predicted octanol–water partition coefficient (Wildman–Crippen LogP) is 3.66. The number of hydrogen-bond donors (Lipinski definition) is 1. The lowest BCUT2D eigenvalue weighted by Gasteiger charge is -2.30. The molecule has 1 heterocycles. The third kappa shape index (κ3) is 4.40. The second-order valence-electron chi connectivity index (χ2n) is 4.82. The van der Waals surface area contributed by atoms with E-state index in [-0.39, 0.29) is 18.2 Å². The SMILES string of the molecule is CCN=C1S[C@H](C(=O)Nc2ccc(Cl)c(Cl)c2)CC(=O)N1CC. The Kier molecular flexibility index (Phi) is 6.33. The summed E-state index contributed by atoms with van der Waals surface area (Å²) in [6, 6.07) is 4.86. The number of amides is 2. The number of carbonyl (C=O) groups is 2. The Balaban J connectivity index is 2.11. The molecule has 8 heteroatoms. The van der Waals surface area contributed by atoms with Crippen molar-refractivity contribution < 1.29 is 9.59 Å². The van der Waals surface area contributed by atoms with Gasteiger partial charge < -0.3 is 5.32 Å². The fourth-order valence-corrected chi connectivity index (χ4v) is 3.63. The summed E-state index contributed by atoms with van der Waals surface area (Å²) in [6.07, 6.45) is 0.147. The van der Waals surface area contributed by atoms with Crippen LogP contribution in [-0.4, -0.2) is 40.2 Å². The maximum Gasteiger partial charge on any atom is 0.238 e. The first-order valence-corrected chi connectivity index (χ1v) is 8.87. The summed E-state index contributed by atoms with van der Waals surface area (Å²) < 4.78 is 0. The molecule has 23 heavy (non-hydrogen) atoms. The Hall–Kier alpha value is -1.24. The van der Waals surface area contributed by atoms with Crippen molar-refractivity contribution in [1.29, 1.82) is 0 Å². The van der Waals surface area contributed by atoms with Crippen molar-refractivity contribution in [3.8, 4) is 0 Å². The Morgan fingerprint density at radius 2 is 2.13 bits per heavy atom. The molecule has 1 aliphatic rings. The van der Waals surface area contributed by atoms with E-state index in [1.807, 2.05) is 13.8 Å². The van der Waals surface area contributed by atoms with Crippen molar-refractivity contribution in [1.82, 2.24) is 4.90 Å². The number of aliphatic imine (C=N–C) groups is 1. The number of carbonyl (C=O) groups excluding carboxylic acids is 2. The number of rotatable bonds is 4. The predicted molar refractivity (Wildman–Crippen MR) is 96.5 cm³/mol. The van der Waals surface area contributed by atoms with E-state index in [0.717, 1.165) is 0 Å². The van der Waals surface area contributed by atoms with Crippen LogP contribution in [0.15, 0.2) is 23.2 Å². The van der Waals surface area contributed by atoms with Crippen molar-refractivity contribution in [3.05, 3.63) is 28.2 Å². The molecule has 5 nitrogen and oxygen atoms in total. The Morgan fingerprint density at radius 1 is 1.39 bits per heavy atom. The molecule has 0 aromatic heterocycles. The highest BCUT2D eigenvalue weighted by Gasteiger charge is 2.34. The molecule has 0 spiro atoms. The van der Waals surface area contributed by atoms with Gasteiger partial charge in [-0.2, -0.15) is 0 Å². The van der Waals surface area contributed by atoms with Gasteiger partial charge in [-0.25, -0.2) is 0 Å². The van der Waals surface area contributed by atoms with Crippen LogP contribution in [0.3, 0.4) is 0 Å². The van der Waals surface area contributed by atoms with Crippen LogP contribution in [-0.2, 0) is 9.59 Å². The van der Waals surface area contributed by atoms with Gasteiger partial charge in [0.15, 0.2) is 5.17 Å². The molecule has 0 bridgehead atoms. The van der Waals surface area contributed by atoms with E-state index in [9.17, 15) is 9.59 Å². The molecule has 2 rings (SSSR count). The monoisotopic (exact) mass is 373 g/mol. The molecule has 1 saturated heterocycles. The highest BCUT2D eigenvalue weighted by atomic mass is 35.5. The van der Waals surface area contributed by atoms with E-state index in [4.69, 9.17) is 23.2 Å². The van der Waals surface area contributed by atoms with Crippen LogP contribution in [0.2, 0.25) is 10.0 Å². The van der Waals surface area contributed by atoms with E-state index in [0.29, 0.717) is 34.0 Å². The Bertz CT molecular complexity index is 652. The lowest BCUT2D eigenvalue weighted by molar-refractivity contribution is -0.129. The van der Waals surface area contributed by atoms with Crippen LogP contribution in [0.1, 0.15) is 20.3 Å². The summed E-state index contributed by atoms with van der Waals surface area (Å²) in [5.74, 6) is -0.339. The highest BCUT2D eigenvalue weighted by molar-refractivity contribution is 8.15. The van der Waals surface area contributed by atoms with Crippen molar-refractivity contribution in [2.45, 2.75) is 25.5 Å². The van der Waals surface area contributed by atoms with Gasteiger partial charge in [-0.1, -0.05) is 35.0 Å². The summed E-state index contributed by atoms with van der Waals surface area (Å²) in [4.78, 5) is 30.5. The normalized spacial score (nSPS) is 20.0. The summed E-state index contributed by atoms with van der Waals surface area (Å²) >= 11 is 13.1. The topological polar surface area (TPSA) is 61.8 Å². The van der Waals surface area contributed by atoms with Crippen LogP contribution in [0.4, 0.5) is 5.69 Å². The number of thioether (sulfide) groups is 1. The summed E-state index contributed by atoms with van der Waals surface area (Å²) in [7, 11) is 0. The number of amidine groups is 1. The van der Waals surface area contributed by atoms with Gasteiger partial charge in [-0.3, -0.25) is 19.5 Å². The molecule has 1 atom stereocenters. The molecule has 0 radical (unpaired) electrons. The third-order valence-corrected chi connectivity index (χ3v) is 5.19. The van der Waals surface area contributed by atoms with Gasteiger partial charge in [-0.15, -0.1) is 0 Å². The first kappa shape index (κ1) is 18.1. The van der Waals surface area contributed by atoms with Crippen molar-refractivity contribution >= 4 is 57.6 Å². The summed E-state index contributed by atoms with van der Waals surface area (Å²) in [5.41, 5.74) is 0.546. The second kappa shape index (κ2) is 8.04. The first-order valence-electron chi connectivity index (χ1n) is 7.23. The fourth-order valence-electron chi connectivity index (χ4n) is 2.12. The molecule has 1 fully saturated rings. The largest absolute Gasteiger partial charge is 0.325 e. The molecular weight excluding hydrogens is 357 g/mol. The molecule has 0 saturated carbocycles. The maximum absolute atomic E-state index is 12.4. The molecular formula is C15H17Cl2N3O2S. The number of nitrogens with zero attached hydrogens (tertiary/aromatic N) is 2. The Morgan fingerprint density at radius 3 is 2.74 bits per heavy atom. The van der Waals surface area contributed by atoms with Crippen LogP contribution in [0.25, 0.3) is 0 Å². The minimum atomic E-state index is -0.509. The number of halogens is 2. The smallest absolute Gasteiger partial charge is 0.238 e.